The molecule has 0 heterocycles. The number of nitrogens with one attached hydrogen (secondary N) is 1. The number of carbonyl (C=O) groups excluding carboxylic acids is 1. The summed E-state index contributed by atoms with van der Waals surface area (Å²) >= 11 is 0. The average Bonchev–Trinajstić information content (AvgIpc) is 2.59. The third-order valence-corrected chi connectivity index (χ3v) is 3.74. The molecule has 18 heavy (non-hydrogen) atoms. The van der Waals surface area contributed by atoms with Crippen molar-refractivity contribution in [2.45, 2.75) is 51.9 Å². The van der Waals surface area contributed by atoms with E-state index in [2.05, 4.69) is 12.2 Å². The molecule has 1 fully saturated rings. The van der Waals surface area contributed by atoms with Crippen LogP contribution in [0.4, 0.5) is 0 Å². The predicted octanol–water partition coefficient (Wildman–Crippen LogP) is 1.86. The first-order valence-corrected chi connectivity index (χ1v) is 7.16. The van der Waals surface area contributed by atoms with Crippen LogP contribution in [0.15, 0.2) is 0 Å². The first-order chi connectivity index (χ1) is 8.69. The molecule has 0 spiro atoms. The number of aliphatic hydroxyl groups is 1. The predicted molar refractivity (Wildman–Crippen MR) is 71.3 cm³/mol. The fourth-order valence-electron chi connectivity index (χ4n) is 2.49. The summed E-state index contributed by atoms with van der Waals surface area (Å²) in [5.41, 5.74) is -0.164. The van der Waals surface area contributed by atoms with E-state index >= 15 is 0 Å². The summed E-state index contributed by atoms with van der Waals surface area (Å²) in [7, 11) is 0. The van der Waals surface area contributed by atoms with Gasteiger partial charge in [-0.3, -0.25) is 4.79 Å². The minimum atomic E-state index is -0.164. The molecule has 0 aromatic rings. The Morgan fingerprint density at radius 2 is 1.89 bits per heavy atom. The molecular weight excluding hydrogens is 230 g/mol. The largest absolute Gasteiger partial charge is 0.394 e. The van der Waals surface area contributed by atoms with Gasteiger partial charge in [0.1, 0.15) is 0 Å². The number of hydrogen-bond donors (Lipinski definition) is 2. The first kappa shape index (κ1) is 15.4. The van der Waals surface area contributed by atoms with Crippen molar-refractivity contribution in [3.63, 3.8) is 0 Å². The van der Waals surface area contributed by atoms with Gasteiger partial charge in [-0.25, -0.2) is 0 Å². The second-order valence-corrected chi connectivity index (χ2v) is 5.42. The molecule has 0 aromatic heterocycles. The van der Waals surface area contributed by atoms with Crippen LogP contribution in [0.1, 0.15) is 51.9 Å². The molecule has 0 unspecified atom stereocenters. The summed E-state index contributed by atoms with van der Waals surface area (Å²) in [5.74, 6) is 0.201. The highest BCUT2D eigenvalue weighted by atomic mass is 16.5. The van der Waals surface area contributed by atoms with Gasteiger partial charge in [0, 0.05) is 18.6 Å². The lowest BCUT2D eigenvalue weighted by atomic mass is 9.81. The molecule has 0 radical (unpaired) electrons. The summed E-state index contributed by atoms with van der Waals surface area (Å²) in [4.78, 5) is 12.2. The Balaban J connectivity index is 2.18. The molecule has 1 amide bonds. The molecule has 0 bridgehead atoms. The van der Waals surface area contributed by atoms with Gasteiger partial charge in [-0.1, -0.05) is 32.6 Å². The van der Waals surface area contributed by atoms with Gasteiger partial charge < -0.3 is 15.2 Å². The van der Waals surface area contributed by atoms with Gasteiger partial charge in [-0.15, -0.1) is 0 Å². The second kappa shape index (κ2) is 8.48. The molecule has 0 saturated heterocycles. The van der Waals surface area contributed by atoms with Crippen LogP contribution in [0.5, 0.6) is 0 Å². The number of hydrogen-bond acceptors (Lipinski definition) is 3. The van der Waals surface area contributed by atoms with Crippen LogP contribution in [0, 0.1) is 5.41 Å². The van der Waals surface area contributed by atoms with Crippen LogP contribution in [0.25, 0.3) is 0 Å². The van der Waals surface area contributed by atoms with Gasteiger partial charge in [0.2, 0.25) is 5.91 Å². The highest BCUT2D eigenvalue weighted by Gasteiger charge is 2.32. The van der Waals surface area contributed by atoms with Crippen molar-refractivity contribution < 1.29 is 14.6 Å². The number of rotatable bonds is 7. The van der Waals surface area contributed by atoms with E-state index in [4.69, 9.17) is 9.84 Å². The number of carbonyl (C=O) groups is 1. The smallest absolute Gasteiger partial charge is 0.225 e. The van der Waals surface area contributed by atoms with Crippen molar-refractivity contribution in [3.05, 3.63) is 0 Å². The van der Waals surface area contributed by atoms with E-state index in [1.807, 2.05) is 0 Å². The van der Waals surface area contributed by atoms with E-state index in [0.29, 0.717) is 19.8 Å². The topological polar surface area (TPSA) is 58.6 Å². The van der Waals surface area contributed by atoms with Gasteiger partial charge in [0.05, 0.1) is 13.2 Å². The lowest BCUT2D eigenvalue weighted by Gasteiger charge is -2.26. The van der Waals surface area contributed by atoms with E-state index in [0.717, 1.165) is 19.3 Å². The highest BCUT2D eigenvalue weighted by molar-refractivity contribution is 5.82. The Kier molecular flexibility index (Phi) is 7.28. The third-order valence-electron chi connectivity index (χ3n) is 3.74. The van der Waals surface area contributed by atoms with Crippen LogP contribution >= 0.6 is 0 Å². The molecule has 1 rings (SSSR count). The van der Waals surface area contributed by atoms with Crippen molar-refractivity contribution in [3.8, 4) is 0 Å². The van der Waals surface area contributed by atoms with Crippen LogP contribution < -0.4 is 5.32 Å². The Labute approximate surface area is 110 Å². The van der Waals surface area contributed by atoms with Crippen LogP contribution in [-0.2, 0) is 9.53 Å². The Morgan fingerprint density at radius 1 is 1.22 bits per heavy atom. The number of aliphatic hydroxyl groups excluding tert-OH is 1. The molecule has 0 aromatic carbocycles. The standard InChI is InChI=1S/C14H27NO3/c1-14(7-4-2-3-5-8-14)13(17)15-9-6-11-18-12-10-16/h16H,2-12H2,1H3,(H,15,17). The number of amides is 1. The quantitative estimate of drug-likeness (QED) is 0.540. The molecule has 106 valence electrons. The lowest BCUT2D eigenvalue weighted by Crippen LogP contribution is -2.39. The van der Waals surface area contributed by atoms with Crippen LogP contribution in [-0.4, -0.2) is 37.4 Å². The summed E-state index contributed by atoms with van der Waals surface area (Å²) in [6.45, 7) is 3.80. The molecule has 1 saturated carbocycles. The van der Waals surface area contributed by atoms with E-state index in [-0.39, 0.29) is 17.9 Å². The summed E-state index contributed by atoms with van der Waals surface area (Å²) < 4.78 is 5.15. The molecule has 1 aliphatic rings. The van der Waals surface area contributed by atoms with Crippen molar-refractivity contribution in [1.29, 1.82) is 0 Å². The summed E-state index contributed by atoms with van der Waals surface area (Å²) in [6, 6.07) is 0. The zero-order chi connectivity index (χ0) is 13.3. The third kappa shape index (κ3) is 5.36. The van der Waals surface area contributed by atoms with E-state index in [9.17, 15) is 4.79 Å². The maximum atomic E-state index is 12.2. The Morgan fingerprint density at radius 3 is 2.50 bits per heavy atom. The van der Waals surface area contributed by atoms with Crippen molar-refractivity contribution in [2.24, 2.45) is 5.41 Å². The van der Waals surface area contributed by atoms with Crippen LogP contribution in [0.3, 0.4) is 0 Å². The maximum Gasteiger partial charge on any atom is 0.225 e. The van der Waals surface area contributed by atoms with E-state index < -0.39 is 0 Å². The molecule has 2 N–H and O–H groups in total. The van der Waals surface area contributed by atoms with E-state index in [1.165, 1.54) is 25.7 Å². The second-order valence-electron chi connectivity index (χ2n) is 5.42. The lowest BCUT2D eigenvalue weighted by molar-refractivity contribution is -0.130. The Hall–Kier alpha value is -0.610. The minimum absolute atomic E-state index is 0.0600. The summed E-state index contributed by atoms with van der Waals surface area (Å²) in [6.07, 6.45) is 7.70. The zero-order valence-electron chi connectivity index (χ0n) is 11.5. The van der Waals surface area contributed by atoms with Crippen molar-refractivity contribution in [2.75, 3.05) is 26.4 Å². The minimum Gasteiger partial charge on any atom is -0.394 e. The van der Waals surface area contributed by atoms with Gasteiger partial charge >= 0.3 is 0 Å². The van der Waals surface area contributed by atoms with Gasteiger partial charge in [-0.05, 0) is 19.3 Å². The van der Waals surface area contributed by atoms with Crippen molar-refractivity contribution in [1.82, 2.24) is 5.32 Å². The fraction of sp³-hybridized carbons (Fsp3) is 0.929. The molecule has 0 atom stereocenters. The highest BCUT2D eigenvalue weighted by Crippen LogP contribution is 2.34. The molecule has 0 aliphatic heterocycles. The fourth-order valence-corrected chi connectivity index (χ4v) is 2.49. The Bertz CT molecular complexity index is 235. The molecule has 1 aliphatic carbocycles. The van der Waals surface area contributed by atoms with Gasteiger partial charge in [0.15, 0.2) is 0 Å². The maximum absolute atomic E-state index is 12.2. The van der Waals surface area contributed by atoms with Crippen molar-refractivity contribution >= 4 is 5.91 Å². The molecule has 4 nitrogen and oxygen atoms in total. The van der Waals surface area contributed by atoms with Gasteiger partial charge in [-0.2, -0.15) is 0 Å². The monoisotopic (exact) mass is 257 g/mol. The molecule has 4 heteroatoms. The zero-order valence-corrected chi connectivity index (χ0v) is 11.5. The SMILES string of the molecule is CC1(C(=O)NCCCOCCO)CCCCCC1. The van der Waals surface area contributed by atoms with Gasteiger partial charge in [0.25, 0.3) is 0 Å². The first-order valence-electron chi connectivity index (χ1n) is 7.16. The van der Waals surface area contributed by atoms with Crippen LogP contribution in [0.2, 0.25) is 0 Å². The van der Waals surface area contributed by atoms with E-state index in [1.54, 1.807) is 0 Å². The molecular formula is C14H27NO3. The normalized spacial score (nSPS) is 19.2. The summed E-state index contributed by atoms with van der Waals surface area (Å²) in [5, 5.41) is 11.6. The number of ether oxygens (including phenoxy) is 1. The average molecular weight is 257 g/mol.